The van der Waals surface area contributed by atoms with Gasteiger partial charge in [0.15, 0.2) is 0 Å². The van der Waals surface area contributed by atoms with E-state index in [9.17, 15) is 14.0 Å². The molecule has 30 heavy (non-hydrogen) atoms. The van der Waals surface area contributed by atoms with Gasteiger partial charge in [-0.3, -0.25) is 14.3 Å². The zero-order chi connectivity index (χ0) is 21.1. The second-order valence-electron chi connectivity index (χ2n) is 7.15. The van der Waals surface area contributed by atoms with Crippen molar-refractivity contribution in [3.8, 4) is 0 Å². The topological polar surface area (TPSA) is 77.2 Å². The van der Waals surface area contributed by atoms with Crippen molar-refractivity contribution in [3.05, 3.63) is 52.1 Å². The van der Waals surface area contributed by atoms with Crippen LogP contribution in [-0.2, 0) is 4.79 Å². The molecule has 1 aromatic carbocycles. The van der Waals surface area contributed by atoms with Gasteiger partial charge >= 0.3 is 0 Å². The third-order valence-electron chi connectivity index (χ3n) is 5.36. The van der Waals surface area contributed by atoms with Crippen LogP contribution in [-0.4, -0.2) is 47.9 Å². The molecule has 0 spiro atoms. The maximum Gasteiger partial charge on any atom is 0.256 e. The fourth-order valence-corrected chi connectivity index (χ4v) is 3.66. The molecule has 0 saturated carbocycles. The summed E-state index contributed by atoms with van der Waals surface area (Å²) in [6.45, 7) is 11.1. The van der Waals surface area contributed by atoms with E-state index < -0.39 is 5.82 Å². The SMILES string of the molecule is CCN(CC)CCNC(=O)c1c(C)[nH]c(/C=C2\C(=O)Nc3ccc(F)cc32)c1C.F. The maximum absolute atomic E-state index is 13.7. The molecule has 3 N–H and O–H groups in total. The van der Waals surface area contributed by atoms with Gasteiger partial charge in [0.25, 0.3) is 11.8 Å². The lowest BCUT2D eigenvalue weighted by atomic mass is 10.0. The molecule has 8 heteroatoms. The molecule has 2 amide bonds. The fourth-order valence-electron chi connectivity index (χ4n) is 3.66. The van der Waals surface area contributed by atoms with E-state index in [1.165, 1.54) is 12.1 Å². The Morgan fingerprint density at radius 3 is 2.60 bits per heavy atom. The summed E-state index contributed by atoms with van der Waals surface area (Å²) >= 11 is 0. The van der Waals surface area contributed by atoms with Crippen molar-refractivity contribution in [1.29, 1.82) is 0 Å². The van der Waals surface area contributed by atoms with Crippen molar-refractivity contribution in [2.45, 2.75) is 27.7 Å². The van der Waals surface area contributed by atoms with Crippen LogP contribution in [0.1, 0.15) is 46.7 Å². The molecule has 0 atom stereocenters. The number of amides is 2. The fraction of sp³-hybridized carbons (Fsp3) is 0.364. The molecular formula is C22H28F2N4O2. The number of likely N-dealkylation sites (N-methyl/N-ethyl adjacent to an activating group) is 1. The molecule has 0 unspecified atom stereocenters. The third kappa shape index (κ3) is 4.59. The summed E-state index contributed by atoms with van der Waals surface area (Å²) < 4.78 is 13.7. The molecule has 0 bridgehead atoms. The first-order chi connectivity index (χ1) is 13.8. The number of H-pyrrole nitrogens is 1. The van der Waals surface area contributed by atoms with E-state index in [4.69, 9.17) is 0 Å². The molecule has 162 valence electrons. The number of nitrogens with zero attached hydrogens (tertiary/aromatic N) is 1. The Morgan fingerprint density at radius 1 is 1.23 bits per heavy atom. The zero-order valence-electron chi connectivity index (χ0n) is 17.7. The zero-order valence-corrected chi connectivity index (χ0v) is 17.7. The Labute approximate surface area is 174 Å². The number of aromatic amines is 1. The van der Waals surface area contributed by atoms with Crippen LogP contribution < -0.4 is 10.6 Å². The van der Waals surface area contributed by atoms with E-state index in [1.807, 2.05) is 13.8 Å². The number of rotatable bonds is 7. The summed E-state index contributed by atoms with van der Waals surface area (Å²) in [5.41, 5.74) is 4.20. The average Bonchev–Trinajstić information content (AvgIpc) is 3.14. The summed E-state index contributed by atoms with van der Waals surface area (Å²) in [5.74, 6) is -0.836. The van der Waals surface area contributed by atoms with Crippen LogP contribution in [0.25, 0.3) is 11.6 Å². The van der Waals surface area contributed by atoms with Crippen molar-refractivity contribution in [1.82, 2.24) is 15.2 Å². The molecule has 1 aliphatic heterocycles. The average molecular weight is 418 g/mol. The van der Waals surface area contributed by atoms with E-state index in [-0.39, 0.29) is 16.5 Å². The lowest BCUT2D eigenvalue weighted by molar-refractivity contribution is -0.110. The van der Waals surface area contributed by atoms with Gasteiger partial charge in [-0.05, 0) is 56.8 Å². The number of halogens is 2. The van der Waals surface area contributed by atoms with Gasteiger partial charge in [0.05, 0.1) is 11.1 Å². The van der Waals surface area contributed by atoms with Crippen molar-refractivity contribution in [2.75, 3.05) is 31.5 Å². The number of nitrogens with one attached hydrogen (secondary N) is 3. The summed E-state index contributed by atoms with van der Waals surface area (Å²) in [7, 11) is 0. The second kappa shape index (κ2) is 9.67. The van der Waals surface area contributed by atoms with Crippen LogP contribution in [0.3, 0.4) is 0 Å². The van der Waals surface area contributed by atoms with Crippen molar-refractivity contribution < 1.29 is 18.7 Å². The minimum atomic E-state index is -0.404. The Bertz CT molecular complexity index is 978. The van der Waals surface area contributed by atoms with Gasteiger partial charge in [-0.25, -0.2) is 4.39 Å². The highest BCUT2D eigenvalue weighted by Gasteiger charge is 2.26. The number of carbonyl (C=O) groups is 2. The number of benzene rings is 1. The van der Waals surface area contributed by atoms with Crippen molar-refractivity contribution in [3.63, 3.8) is 0 Å². The van der Waals surface area contributed by atoms with Crippen LogP contribution in [0.5, 0.6) is 0 Å². The number of fused-ring (bicyclic) bond motifs is 1. The summed E-state index contributed by atoms with van der Waals surface area (Å²) in [6.07, 6.45) is 1.68. The lowest BCUT2D eigenvalue weighted by Crippen LogP contribution is -2.35. The van der Waals surface area contributed by atoms with E-state index in [1.54, 1.807) is 12.1 Å². The van der Waals surface area contributed by atoms with Crippen molar-refractivity contribution >= 4 is 29.2 Å². The van der Waals surface area contributed by atoms with Gasteiger partial charge < -0.3 is 20.5 Å². The number of hydrogen-bond acceptors (Lipinski definition) is 3. The highest BCUT2D eigenvalue weighted by Crippen LogP contribution is 2.34. The number of carbonyl (C=O) groups excluding carboxylic acids is 2. The number of hydrogen-bond donors (Lipinski definition) is 3. The molecule has 6 nitrogen and oxygen atoms in total. The van der Waals surface area contributed by atoms with Gasteiger partial charge in [-0.2, -0.15) is 0 Å². The lowest BCUT2D eigenvalue weighted by Gasteiger charge is -2.18. The smallest absolute Gasteiger partial charge is 0.256 e. The van der Waals surface area contributed by atoms with Gasteiger partial charge in [0.2, 0.25) is 0 Å². The minimum absolute atomic E-state index is 0. The molecule has 1 aromatic heterocycles. The predicted octanol–water partition coefficient (Wildman–Crippen LogP) is 3.49. The Hall–Kier alpha value is -3.00. The molecule has 1 aliphatic rings. The summed E-state index contributed by atoms with van der Waals surface area (Å²) in [4.78, 5) is 30.5. The van der Waals surface area contributed by atoms with Crippen LogP contribution >= 0.6 is 0 Å². The normalized spacial score (nSPS) is 13.9. The Morgan fingerprint density at radius 2 is 1.93 bits per heavy atom. The molecule has 0 radical (unpaired) electrons. The Kier molecular flexibility index (Phi) is 7.50. The van der Waals surface area contributed by atoms with Crippen LogP contribution in [0.2, 0.25) is 0 Å². The number of anilines is 1. The third-order valence-corrected chi connectivity index (χ3v) is 5.36. The number of aromatic nitrogens is 1. The Balaban J connectivity index is 0.00000320. The van der Waals surface area contributed by atoms with Gasteiger partial charge in [0, 0.05) is 35.7 Å². The molecular weight excluding hydrogens is 390 g/mol. The standard InChI is InChI=1S/C22H27FN4O2.FH/c1-5-27(6-2)10-9-24-22(29)20-13(3)19(25-14(20)4)12-17-16-11-15(23)7-8-18(16)26-21(17)28;/h7-8,11-12,25H,5-6,9-10H2,1-4H3,(H,24,29)(H,26,28);1H/b17-12-;. The van der Waals surface area contributed by atoms with Crippen LogP contribution in [0, 0.1) is 19.7 Å². The highest BCUT2D eigenvalue weighted by atomic mass is 19.1. The molecule has 0 aliphatic carbocycles. The first-order valence-corrected chi connectivity index (χ1v) is 9.88. The first kappa shape index (κ1) is 23.3. The molecule has 0 saturated heterocycles. The number of aryl methyl sites for hydroxylation is 1. The van der Waals surface area contributed by atoms with Gasteiger partial charge in [-0.15, -0.1) is 0 Å². The summed E-state index contributed by atoms with van der Waals surface area (Å²) in [5, 5.41) is 5.70. The second-order valence-corrected chi connectivity index (χ2v) is 7.15. The van der Waals surface area contributed by atoms with Crippen molar-refractivity contribution in [2.24, 2.45) is 0 Å². The maximum atomic E-state index is 13.7. The van der Waals surface area contributed by atoms with Gasteiger partial charge in [0.1, 0.15) is 5.82 Å². The monoisotopic (exact) mass is 418 g/mol. The largest absolute Gasteiger partial charge is 0.358 e. The van der Waals surface area contributed by atoms with E-state index in [0.29, 0.717) is 34.6 Å². The predicted molar refractivity (Wildman–Crippen MR) is 116 cm³/mol. The molecule has 2 aromatic rings. The van der Waals surface area contributed by atoms with E-state index in [2.05, 4.69) is 34.4 Å². The molecule has 0 fully saturated rings. The molecule has 3 rings (SSSR count). The van der Waals surface area contributed by atoms with E-state index in [0.717, 1.165) is 30.9 Å². The molecule has 2 heterocycles. The summed E-state index contributed by atoms with van der Waals surface area (Å²) in [6, 6.07) is 4.20. The van der Waals surface area contributed by atoms with Crippen LogP contribution in [0.4, 0.5) is 14.8 Å². The van der Waals surface area contributed by atoms with Crippen LogP contribution in [0.15, 0.2) is 18.2 Å². The highest BCUT2D eigenvalue weighted by molar-refractivity contribution is 6.34. The van der Waals surface area contributed by atoms with Gasteiger partial charge in [-0.1, -0.05) is 13.8 Å². The minimum Gasteiger partial charge on any atom is -0.358 e. The first-order valence-electron chi connectivity index (χ1n) is 9.88. The van der Waals surface area contributed by atoms with E-state index >= 15 is 0 Å². The quantitative estimate of drug-likeness (QED) is 0.603.